The first kappa shape index (κ1) is 14.5. The summed E-state index contributed by atoms with van der Waals surface area (Å²) in [5.74, 6) is -0.0694. The number of hydrogen-bond acceptors (Lipinski definition) is 2. The molecule has 0 radical (unpaired) electrons. The van der Waals surface area contributed by atoms with E-state index in [0.717, 1.165) is 19.3 Å². The maximum absolute atomic E-state index is 11.7. The van der Waals surface area contributed by atoms with Crippen molar-refractivity contribution < 1.29 is 9.53 Å². The molecule has 17 heavy (non-hydrogen) atoms. The number of carbonyl (C=O) groups excluding carboxylic acids is 1. The third-order valence-electron chi connectivity index (χ3n) is 2.37. The topological polar surface area (TPSA) is 26.3 Å². The van der Waals surface area contributed by atoms with Gasteiger partial charge in [-0.2, -0.15) is 0 Å². The van der Waals surface area contributed by atoms with E-state index in [0.29, 0.717) is 22.2 Å². The second-order valence-corrected chi connectivity index (χ2v) is 4.63. The number of hydrogen-bond donors (Lipinski definition) is 0. The summed E-state index contributed by atoms with van der Waals surface area (Å²) in [5, 5.41) is 0.843. The molecule has 1 aromatic carbocycles. The van der Waals surface area contributed by atoms with Gasteiger partial charge in [0.2, 0.25) is 0 Å². The molecule has 0 bridgehead atoms. The molecule has 0 saturated carbocycles. The van der Waals surface area contributed by atoms with Crippen LogP contribution < -0.4 is 0 Å². The Morgan fingerprint density at radius 3 is 2.65 bits per heavy atom. The number of halogens is 2. The Labute approximate surface area is 112 Å². The summed E-state index contributed by atoms with van der Waals surface area (Å²) in [5.41, 5.74) is 0.537. The maximum Gasteiger partial charge on any atom is 0.188 e. The molecule has 0 aliphatic rings. The number of carbonyl (C=O) groups is 1. The van der Waals surface area contributed by atoms with E-state index >= 15 is 0 Å². The van der Waals surface area contributed by atoms with Gasteiger partial charge in [-0.3, -0.25) is 4.79 Å². The summed E-state index contributed by atoms with van der Waals surface area (Å²) in [6.07, 6.45) is 3.26. The van der Waals surface area contributed by atoms with Gasteiger partial charge in [0.1, 0.15) is 6.61 Å². The van der Waals surface area contributed by atoms with Crippen molar-refractivity contribution in [2.24, 2.45) is 0 Å². The number of ketones is 1. The van der Waals surface area contributed by atoms with Gasteiger partial charge < -0.3 is 4.74 Å². The summed E-state index contributed by atoms with van der Waals surface area (Å²) < 4.78 is 5.30. The van der Waals surface area contributed by atoms with E-state index in [1.807, 2.05) is 0 Å². The van der Waals surface area contributed by atoms with Gasteiger partial charge >= 0.3 is 0 Å². The number of rotatable bonds is 7. The normalized spacial score (nSPS) is 10.5. The molecular formula is C13H16Cl2O2. The lowest BCUT2D eigenvalue weighted by Crippen LogP contribution is -2.09. The second kappa shape index (κ2) is 7.70. The molecule has 0 aromatic heterocycles. The first-order valence-electron chi connectivity index (χ1n) is 5.71. The minimum atomic E-state index is -0.0694. The van der Waals surface area contributed by atoms with Crippen LogP contribution >= 0.6 is 23.2 Å². The molecule has 0 amide bonds. The standard InChI is InChI=1S/C13H16Cl2O2/c1-2-3-4-7-17-9-13(16)10-5-6-11(14)12(15)8-10/h5-6,8H,2-4,7,9H2,1H3. The van der Waals surface area contributed by atoms with Crippen LogP contribution in [0.3, 0.4) is 0 Å². The molecule has 0 saturated heterocycles. The minimum Gasteiger partial charge on any atom is -0.373 e. The summed E-state index contributed by atoms with van der Waals surface area (Å²) in [7, 11) is 0. The number of ether oxygens (including phenoxy) is 1. The van der Waals surface area contributed by atoms with Crippen LogP contribution in [-0.4, -0.2) is 19.0 Å². The van der Waals surface area contributed by atoms with Crippen molar-refractivity contribution in [2.75, 3.05) is 13.2 Å². The molecule has 94 valence electrons. The van der Waals surface area contributed by atoms with Gasteiger partial charge in [0.15, 0.2) is 5.78 Å². The van der Waals surface area contributed by atoms with E-state index in [4.69, 9.17) is 27.9 Å². The molecule has 0 unspecified atom stereocenters. The fourth-order valence-electron chi connectivity index (χ4n) is 1.37. The van der Waals surface area contributed by atoms with Gasteiger partial charge in [-0.25, -0.2) is 0 Å². The summed E-state index contributed by atoms with van der Waals surface area (Å²) in [6, 6.07) is 4.85. The predicted octanol–water partition coefficient (Wildman–Crippen LogP) is 4.38. The van der Waals surface area contributed by atoms with Gasteiger partial charge in [-0.05, 0) is 24.6 Å². The van der Waals surface area contributed by atoms with E-state index in [-0.39, 0.29) is 12.4 Å². The van der Waals surface area contributed by atoms with Gasteiger partial charge in [-0.1, -0.05) is 43.0 Å². The van der Waals surface area contributed by atoms with Crippen LogP contribution in [0.5, 0.6) is 0 Å². The first-order valence-corrected chi connectivity index (χ1v) is 6.46. The average molecular weight is 275 g/mol. The molecule has 1 rings (SSSR count). The predicted molar refractivity (Wildman–Crippen MR) is 71.1 cm³/mol. The molecule has 0 N–H and O–H groups in total. The Morgan fingerprint density at radius 1 is 1.24 bits per heavy atom. The van der Waals surface area contributed by atoms with Crippen LogP contribution in [0, 0.1) is 0 Å². The smallest absolute Gasteiger partial charge is 0.188 e. The monoisotopic (exact) mass is 274 g/mol. The lowest BCUT2D eigenvalue weighted by atomic mass is 10.1. The van der Waals surface area contributed by atoms with Crippen LogP contribution in [0.15, 0.2) is 18.2 Å². The molecule has 0 aliphatic carbocycles. The van der Waals surface area contributed by atoms with Gasteiger partial charge in [0.05, 0.1) is 10.0 Å². The van der Waals surface area contributed by atoms with Gasteiger partial charge in [-0.15, -0.1) is 0 Å². The molecule has 0 aliphatic heterocycles. The molecular weight excluding hydrogens is 259 g/mol. The number of unbranched alkanes of at least 4 members (excludes halogenated alkanes) is 2. The number of Topliss-reactive ketones (excluding diaryl/α,β-unsaturated/α-hetero) is 1. The van der Waals surface area contributed by atoms with Crippen molar-refractivity contribution in [1.29, 1.82) is 0 Å². The molecule has 0 spiro atoms. The zero-order chi connectivity index (χ0) is 12.7. The van der Waals surface area contributed by atoms with Crippen molar-refractivity contribution in [1.82, 2.24) is 0 Å². The Morgan fingerprint density at radius 2 is 2.00 bits per heavy atom. The zero-order valence-corrected chi connectivity index (χ0v) is 11.4. The minimum absolute atomic E-state index is 0.0694. The van der Waals surface area contributed by atoms with E-state index in [1.165, 1.54) is 0 Å². The fourth-order valence-corrected chi connectivity index (χ4v) is 1.67. The van der Waals surface area contributed by atoms with Gasteiger partial charge in [0.25, 0.3) is 0 Å². The zero-order valence-electron chi connectivity index (χ0n) is 9.84. The third kappa shape index (κ3) is 5.07. The van der Waals surface area contributed by atoms with Crippen molar-refractivity contribution in [2.45, 2.75) is 26.2 Å². The first-order chi connectivity index (χ1) is 8.15. The van der Waals surface area contributed by atoms with Crippen LogP contribution in [0.25, 0.3) is 0 Å². The lowest BCUT2D eigenvalue weighted by molar-refractivity contribution is 0.0753. The fraction of sp³-hybridized carbons (Fsp3) is 0.462. The van der Waals surface area contributed by atoms with Crippen LogP contribution in [0.4, 0.5) is 0 Å². The van der Waals surface area contributed by atoms with Gasteiger partial charge in [0, 0.05) is 12.2 Å². The highest BCUT2D eigenvalue weighted by Crippen LogP contribution is 2.22. The molecule has 0 heterocycles. The van der Waals surface area contributed by atoms with Crippen LogP contribution in [0.2, 0.25) is 10.0 Å². The van der Waals surface area contributed by atoms with E-state index in [1.54, 1.807) is 18.2 Å². The average Bonchev–Trinajstić information content (AvgIpc) is 2.32. The van der Waals surface area contributed by atoms with Crippen molar-refractivity contribution in [3.63, 3.8) is 0 Å². The van der Waals surface area contributed by atoms with Crippen molar-refractivity contribution >= 4 is 29.0 Å². The Kier molecular flexibility index (Phi) is 6.56. The molecule has 0 atom stereocenters. The maximum atomic E-state index is 11.7. The third-order valence-corrected chi connectivity index (χ3v) is 3.11. The summed E-state index contributed by atoms with van der Waals surface area (Å²) in [4.78, 5) is 11.7. The lowest BCUT2D eigenvalue weighted by Gasteiger charge is -2.04. The highest BCUT2D eigenvalue weighted by molar-refractivity contribution is 6.42. The molecule has 1 aromatic rings. The molecule has 4 heteroatoms. The van der Waals surface area contributed by atoms with Crippen molar-refractivity contribution in [3.8, 4) is 0 Å². The quantitative estimate of drug-likeness (QED) is 0.545. The summed E-state index contributed by atoms with van der Waals surface area (Å²) >= 11 is 11.6. The van der Waals surface area contributed by atoms with E-state index in [9.17, 15) is 4.79 Å². The van der Waals surface area contributed by atoms with E-state index in [2.05, 4.69) is 6.92 Å². The molecule has 0 fully saturated rings. The second-order valence-electron chi connectivity index (χ2n) is 3.81. The Balaban J connectivity index is 2.39. The highest BCUT2D eigenvalue weighted by atomic mass is 35.5. The van der Waals surface area contributed by atoms with Crippen LogP contribution in [-0.2, 0) is 4.74 Å². The largest absolute Gasteiger partial charge is 0.373 e. The SMILES string of the molecule is CCCCCOCC(=O)c1ccc(Cl)c(Cl)c1. The Hall–Kier alpha value is -0.570. The van der Waals surface area contributed by atoms with Crippen LogP contribution in [0.1, 0.15) is 36.5 Å². The molecule has 2 nitrogen and oxygen atoms in total. The van der Waals surface area contributed by atoms with E-state index < -0.39 is 0 Å². The Bertz CT molecular complexity index is 378. The summed E-state index contributed by atoms with van der Waals surface area (Å²) in [6.45, 7) is 2.85. The van der Waals surface area contributed by atoms with Crippen molar-refractivity contribution in [3.05, 3.63) is 33.8 Å². The highest BCUT2D eigenvalue weighted by Gasteiger charge is 2.08. The number of benzene rings is 1.